The first-order valence-corrected chi connectivity index (χ1v) is 10.5. The lowest BCUT2D eigenvalue weighted by atomic mass is 10.4. The van der Waals surface area contributed by atoms with Gasteiger partial charge in [-0.25, -0.2) is 8.42 Å². The van der Waals surface area contributed by atoms with Crippen LogP contribution in [0.2, 0.25) is 0 Å². The van der Waals surface area contributed by atoms with Crippen LogP contribution in [0.15, 0.2) is 16.7 Å². The Balaban J connectivity index is 1.71. The number of sulfonamides is 1. The minimum Gasteiger partial charge on any atom is -0.329 e. The van der Waals surface area contributed by atoms with Crippen molar-refractivity contribution in [2.45, 2.75) is 23.5 Å². The Bertz CT molecular complexity index is 929. The fraction of sp³-hybridized carbons (Fsp3) is 0.538. The van der Waals surface area contributed by atoms with Gasteiger partial charge in [-0.15, -0.1) is 34.5 Å². The van der Waals surface area contributed by atoms with Crippen LogP contribution >= 0.6 is 34.5 Å². The number of aromatic nitrogens is 2. The highest BCUT2D eigenvalue weighted by Crippen LogP contribution is 2.53. The van der Waals surface area contributed by atoms with Crippen molar-refractivity contribution in [1.82, 2.24) is 14.6 Å². The molecule has 1 atom stereocenters. The van der Waals surface area contributed by atoms with Gasteiger partial charge in [0.05, 0.1) is 24.3 Å². The molecule has 0 saturated heterocycles. The van der Waals surface area contributed by atoms with Crippen molar-refractivity contribution in [1.29, 1.82) is 0 Å². The molecule has 1 saturated carbocycles. The molecule has 2 heterocycles. The van der Waals surface area contributed by atoms with E-state index >= 15 is 0 Å². The van der Waals surface area contributed by atoms with E-state index in [1.54, 1.807) is 0 Å². The van der Waals surface area contributed by atoms with Gasteiger partial charge >= 0.3 is 12.1 Å². The Morgan fingerprint density at radius 2 is 2.11 bits per heavy atom. The van der Waals surface area contributed by atoms with E-state index in [1.807, 2.05) is 0 Å². The van der Waals surface area contributed by atoms with Crippen molar-refractivity contribution in [3.63, 3.8) is 0 Å². The van der Waals surface area contributed by atoms with E-state index in [1.165, 1.54) is 19.2 Å². The van der Waals surface area contributed by atoms with Gasteiger partial charge in [0.1, 0.15) is 4.33 Å². The van der Waals surface area contributed by atoms with E-state index in [9.17, 15) is 21.6 Å². The van der Waals surface area contributed by atoms with Crippen LogP contribution in [0, 0.1) is 5.92 Å². The maximum absolute atomic E-state index is 12.5. The molecule has 1 aliphatic rings. The molecule has 0 radical (unpaired) electrons. The quantitative estimate of drug-likeness (QED) is 0.457. The maximum Gasteiger partial charge on any atom is 0.471 e. The average molecular weight is 466 g/mol. The summed E-state index contributed by atoms with van der Waals surface area (Å²) in [4.78, 5) is 9.04. The lowest BCUT2D eigenvalue weighted by molar-refractivity contribution is -0.159. The number of halogens is 5. The van der Waals surface area contributed by atoms with E-state index in [0.29, 0.717) is 16.2 Å². The summed E-state index contributed by atoms with van der Waals surface area (Å²) in [5.74, 6) is -2.35. The summed E-state index contributed by atoms with van der Waals surface area (Å²) in [5, 5.41) is 3.29. The Hall–Kier alpha value is -0.920. The van der Waals surface area contributed by atoms with Gasteiger partial charge in [-0.2, -0.15) is 18.2 Å². The van der Waals surface area contributed by atoms with Gasteiger partial charge in [0.2, 0.25) is 15.8 Å². The van der Waals surface area contributed by atoms with Crippen molar-refractivity contribution < 1.29 is 30.9 Å². The van der Waals surface area contributed by atoms with Crippen molar-refractivity contribution >= 4 is 44.6 Å². The molecule has 0 aromatic carbocycles. The van der Waals surface area contributed by atoms with Gasteiger partial charge in [-0.1, -0.05) is 9.63 Å². The number of alkyl halides is 5. The molecule has 0 aliphatic heterocycles. The van der Waals surface area contributed by atoms with E-state index in [4.69, 9.17) is 28.0 Å². The summed E-state index contributed by atoms with van der Waals surface area (Å²) in [6, 6.07) is 3.00. The van der Waals surface area contributed by atoms with Crippen LogP contribution in [-0.4, -0.2) is 40.2 Å². The third-order valence-corrected chi connectivity index (χ3v) is 7.43. The van der Waals surface area contributed by atoms with Crippen molar-refractivity contribution in [2.24, 2.45) is 5.92 Å². The number of hydrogen-bond donors (Lipinski definition) is 0. The van der Waals surface area contributed by atoms with Gasteiger partial charge in [-0.3, -0.25) is 4.84 Å². The van der Waals surface area contributed by atoms with Gasteiger partial charge in [-0.05, 0) is 18.6 Å². The minimum atomic E-state index is -4.74. The first kappa shape index (κ1) is 20.8. The molecule has 2 aromatic heterocycles. The van der Waals surface area contributed by atoms with E-state index in [-0.39, 0.29) is 24.0 Å². The van der Waals surface area contributed by atoms with Crippen LogP contribution in [0.4, 0.5) is 13.2 Å². The Kier molecular flexibility index (Phi) is 5.51. The van der Waals surface area contributed by atoms with Crippen LogP contribution in [0.3, 0.4) is 0 Å². The molecule has 1 fully saturated rings. The third kappa shape index (κ3) is 4.74. The maximum atomic E-state index is 12.5. The molecule has 0 spiro atoms. The lowest BCUT2D eigenvalue weighted by Gasteiger charge is -2.18. The van der Waals surface area contributed by atoms with E-state index in [0.717, 1.165) is 15.8 Å². The van der Waals surface area contributed by atoms with Crippen molar-refractivity contribution in [2.75, 3.05) is 12.9 Å². The Labute approximate surface area is 166 Å². The second kappa shape index (κ2) is 7.16. The van der Waals surface area contributed by atoms with Crippen LogP contribution in [0.25, 0.3) is 10.7 Å². The summed E-state index contributed by atoms with van der Waals surface area (Å²) in [6.45, 7) is -0.141. The Morgan fingerprint density at radius 3 is 2.63 bits per heavy atom. The second-order valence-electron chi connectivity index (χ2n) is 5.77. The zero-order valence-corrected chi connectivity index (χ0v) is 16.7. The largest absolute Gasteiger partial charge is 0.471 e. The molecular formula is C13H12Cl2F3N3O4S2. The molecule has 0 bridgehead atoms. The molecule has 1 aliphatic carbocycles. The zero-order valence-electron chi connectivity index (χ0n) is 13.5. The smallest absolute Gasteiger partial charge is 0.329 e. The van der Waals surface area contributed by atoms with Gasteiger partial charge < -0.3 is 4.52 Å². The topological polar surface area (TPSA) is 85.5 Å². The van der Waals surface area contributed by atoms with Crippen LogP contribution < -0.4 is 0 Å². The molecule has 0 N–H and O–H groups in total. The molecule has 150 valence electrons. The van der Waals surface area contributed by atoms with Gasteiger partial charge in [0.25, 0.3) is 0 Å². The average Bonchev–Trinajstić information content (AvgIpc) is 3.00. The summed E-state index contributed by atoms with van der Waals surface area (Å²) in [5.41, 5.74) is 0. The monoisotopic (exact) mass is 465 g/mol. The first-order chi connectivity index (χ1) is 12.4. The van der Waals surface area contributed by atoms with Gasteiger partial charge in [0, 0.05) is 10.8 Å². The molecule has 0 amide bonds. The molecule has 27 heavy (non-hydrogen) atoms. The van der Waals surface area contributed by atoms with E-state index < -0.39 is 26.4 Å². The number of nitrogens with zero attached hydrogens (tertiary/aromatic N) is 3. The standard InChI is InChI=1S/C13H12Cl2F3N3O4S2/c1-24-21(27(22,23)6-7-4-12(7,14)15)5-8-2-3-9(26-8)10-19-11(25-20-10)13(16,17)18/h2-3,7H,4-6H2,1H3. The predicted octanol–water partition coefficient (Wildman–Crippen LogP) is 3.70. The summed E-state index contributed by atoms with van der Waals surface area (Å²) < 4.78 is 66.4. The van der Waals surface area contributed by atoms with Crippen molar-refractivity contribution in [3.05, 3.63) is 22.9 Å². The molecular weight excluding hydrogens is 454 g/mol. The van der Waals surface area contributed by atoms with E-state index in [2.05, 4.69) is 14.7 Å². The van der Waals surface area contributed by atoms with Crippen LogP contribution in [0.1, 0.15) is 17.2 Å². The molecule has 3 rings (SSSR count). The normalized spacial score (nSPS) is 19.6. The fourth-order valence-electron chi connectivity index (χ4n) is 2.21. The predicted molar refractivity (Wildman–Crippen MR) is 91.5 cm³/mol. The summed E-state index contributed by atoms with van der Waals surface area (Å²) in [6.07, 6.45) is -4.37. The zero-order chi connectivity index (χ0) is 20.0. The molecule has 1 unspecified atom stereocenters. The lowest BCUT2D eigenvalue weighted by Crippen LogP contribution is -2.32. The van der Waals surface area contributed by atoms with Crippen LogP contribution in [-0.2, 0) is 27.6 Å². The highest BCUT2D eigenvalue weighted by atomic mass is 35.5. The Morgan fingerprint density at radius 1 is 1.44 bits per heavy atom. The molecule has 2 aromatic rings. The van der Waals surface area contributed by atoms with Crippen LogP contribution in [0.5, 0.6) is 0 Å². The number of thiophene rings is 1. The minimum absolute atomic E-state index is 0.141. The number of rotatable bonds is 7. The highest BCUT2D eigenvalue weighted by Gasteiger charge is 2.54. The molecule has 7 nitrogen and oxygen atoms in total. The third-order valence-electron chi connectivity index (χ3n) is 3.72. The van der Waals surface area contributed by atoms with Crippen molar-refractivity contribution in [3.8, 4) is 10.7 Å². The highest BCUT2D eigenvalue weighted by molar-refractivity contribution is 7.88. The number of hydrogen-bond acceptors (Lipinski definition) is 7. The fourth-order valence-corrected chi connectivity index (χ4v) is 5.56. The summed E-state index contributed by atoms with van der Waals surface area (Å²) >= 11 is 12.7. The number of hydroxylamine groups is 1. The second-order valence-corrected chi connectivity index (χ2v) is 10.4. The first-order valence-electron chi connectivity index (χ1n) is 7.35. The SMILES string of the molecule is CON(Cc1ccc(-c2noc(C(F)(F)F)n2)s1)S(=O)(=O)CC1CC1(Cl)Cl. The molecule has 14 heteroatoms. The van der Waals surface area contributed by atoms with Gasteiger partial charge in [0.15, 0.2) is 0 Å². The summed E-state index contributed by atoms with van der Waals surface area (Å²) in [7, 11) is -2.60.